The zero-order chi connectivity index (χ0) is 8.85. The van der Waals surface area contributed by atoms with Gasteiger partial charge in [0.2, 0.25) is 0 Å². The number of carbonyl (C=O) groups excluding carboxylic acids is 1. The van der Waals surface area contributed by atoms with Crippen molar-refractivity contribution in [3.8, 4) is 0 Å². The number of aliphatic carboxylic acids is 1. The first kappa shape index (κ1) is 10.8. The van der Waals surface area contributed by atoms with Gasteiger partial charge in [-0.05, 0) is 23.7 Å². The van der Waals surface area contributed by atoms with Crippen LogP contribution in [-0.4, -0.2) is 30.3 Å². The van der Waals surface area contributed by atoms with E-state index in [9.17, 15) is 9.90 Å². The molecule has 1 atom stereocenters. The first-order valence-corrected chi connectivity index (χ1v) is 5.75. The number of carboxylic acid groups (broad SMARTS) is 1. The molecule has 0 amide bonds. The third kappa shape index (κ3) is 6.19. The first-order chi connectivity index (χ1) is 5.04. The highest BCUT2D eigenvalue weighted by Crippen LogP contribution is 1.97. The van der Waals surface area contributed by atoms with Crippen molar-refractivity contribution in [3.05, 3.63) is 0 Å². The van der Waals surface area contributed by atoms with Crippen molar-refractivity contribution in [1.82, 2.24) is 0 Å². The molecule has 0 rings (SSSR count). The summed E-state index contributed by atoms with van der Waals surface area (Å²) in [5.41, 5.74) is 5.24. The molecule has 0 fully saturated rings. The van der Waals surface area contributed by atoms with Crippen LogP contribution >= 0.6 is 0 Å². The molecular formula is C7H15NO2S. The van der Waals surface area contributed by atoms with E-state index < -0.39 is 12.0 Å². The molecule has 0 aromatic heterocycles. The van der Waals surface area contributed by atoms with E-state index in [-0.39, 0.29) is 0 Å². The third-order valence-electron chi connectivity index (χ3n) is 1.37. The number of carboxylic acids is 1. The largest absolute Gasteiger partial charge is 0.548 e. The van der Waals surface area contributed by atoms with Gasteiger partial charge >= 0.3 is 0 Å². The van der Waals surface area contributed by atoms with Gasteiger partial charge < -0.3 is 15.6 Å². The summed E-state index contributed by atoms with van der Waals surface area (Å²) in [7, 11) is 0.386. The fourth-order valence-electron chi connectivity index (χ4n) is 0.710. The molecular weight excluding hydrogens is 162 g/mol. The number of nitrogens with two attached hydrogens (primary N) is 1. The Kier molecular flexibility index (Phi) is 5.32. The number of carbonyl (C=O) groups is 1. The van der Waals surface area contributed by atoms with Crippen molar-refractivity contribution in [2.75, 3.05) is 18.3 Å². The lowest BCUT2D eigenvalue weighted by Gasteiger charge is -2.10. The summed E-state index contributed by atoms with van der Waals surface area (Å²) in [5.74, 6) is -0.0851. The number of rotatable bonds is 5. The fraction of sp³-hybridized carbons (Fsp3) is 0.857. The Hall–Kier alpha value is -0.220. The van der Waals surface area contributed by atoms with E-state index in [1.165, 1.54) is 0 Å². The smallest absolute Gasteiger partial charge is 0.107 e. The Morgan fingerprint density at radius 1 is 1.64 bits per heavy atom. The Morgan fingerprint density at radius 3 is 2.55 bits per heavy atom. The zero-order valence-corrected chi connectivity index (χ0v) is 7.82. The second kappa shape index (κ2) is 5.43. The van der Waals surface area contributed by atoms with E-state index in [2.05, 4.69) is 12.5 Å². The summed E-state index contributed by atoms with van der Waals surface area (Å²) < 4.78 is 0. The fourth-order valence-corrected chi connectivity index (χ4v) is 1.45. The van der Waals surface area contributed by atoms with Crippen LogP contribution in [0.1, 0.15) is 12.8 Å². The normalized spacial score (nSPS) is 13.5. The zero-order valence-electron chi connectivity index (χ0n) is 7.00. The van der Waals surface area contributed by atoms with Gasteiger partial charge in [-0.25, -0.2) is 0 Å². The Bertz CT molecular complexity index is 128. The molecule has 0 aromatic rings. The van der Waals surface area contributed by atoms with Crippen LogP contribution in [0, 0.1) is 0 Å². The van der Waals surface area contributed by atoms with Crippen molar-refractivity contribution < 1.29 is 9.90 Å². The van der Waals surface area contributed by atoms with Crippen LogP contribution in [0.25, 0.3) is 0 Å². The maximum Gasteiger partial charge on any atom is 0.107 e. The molecule has 66 valence electrons. The van der Waals surface area contributed by atoms with Gasteiger partial charge in [-0.3, -0.25) is 0 Å². The molecule has 11 heavy (non-hydrogen) atoms. The Balaban J connectivity index is 3.31. The summed E-state index contributed by atoms with van der Waals surface area (Å²) >= 11 is 0. The van der Waals surface area contributed by atoms with Crippen molar-refractivity contribution in [3.63, 3.8) is 0 Å². The topological polar surface area (TPSA) is 66.2 Å². The van der Waals surface area contributed by atoms with E-state index in [1.54, 1.807) is 0 Å². The molecule has 2 N–H and O–H groups in total. The summed E-state index contributed by atoms with van der Waals surface area (Å²) in [6.07, 6.45) is 5.67. The maximum absolute atomic E-state index is 10.1. The average molecular weight is 177 g/mol. The second-order valence-corrected chi connectivity index (χ2v) is 5.14. The molecule has 0 aliphatic rings. The molecule has 0 saturated heterocycles. The van der Waals surface area contributed by atoms with Crippen LogP contribution in [0.5, 0.6) is 0 Å². The van der Waals surface area contributed by atoms with Gasteiger partial charge in [-0.1, -0.05) is 0 Å². The number of hydrogen-bond donors (Lipinski definition) is 1. The van der Waals surface area contributed by atoms with E-state index in [0.717, 1.165) is 12.2 Å². The van der Waals surface area contributed by atoms with Gasteiger partial charge in [0.1, 0.15) is 5.75 Å². The number of hydrogen-bond acceptors (Lipinski definition) is 3. The second-order valence-electron chi connectivity index (χ2n) is 2.76. The Labute approximate surface area is 70.3 Å². The minimum atomic E-state index is -1.14. The van der Waals surface area contributed by atoms with Gasteiger partial charge in [0.05, 0.1) is 18.5 Å². The lowest BCUT2D eigenvalue weighted by Crippen LogP contribution is -2.41. The molecule has 0 radical (unpaired) electrons. The highest BCUT2D eigenvalue weighted by molar-refractivity contribution is 7.95. The Morgan fingerprint density at radius 2 is 2.18 bits per heavy atom. The van der Waals surface area contributed by atoms with Gasteiger partial charge in [0.25, 0.3) is 0 Å². The van der Waals surface area contributed by atoms with E-state index in [4.69, 9.17) is 5.73 Å². The summed E-state index contributed by atoms with van der Waals surface area (Å²) in [5, 5.41) is 10.1. The van der Waals surface area contributed by atoms with E-state index in [0.29, 0.717) is 17.3 Å². The van der Waals surface area contributed by atoms with Crippen LogP contribution < -0.4 is 10.8 Å². The molecule has 0 bridgehead atoms. The quantitative estimate of drug-likeness (QED) is 0.532. The van der Waals surface area contributed by atoms with Gasteiger partial charge in [0, 0.05) is 6.04 Å². The highest BCUT2D eigenvalue weighted by Gasteiger charge is 2.06. The van der Waals surface area contributed by atoms with Crippen LogP contribution in [0.4, 0.5) is 0 Å². The van der Waals surface area contributed by atoms with E-state index >= 15 is 0 Å². The minimum absolute atomic E-state index is 0.386. The third-order valence-corrected chi connectivity index (χ3v) is 2.48. The predicted octanol–water partition coefficient (Wildman–Crippen LogP) is -1.28. The molecule has 0 spiro atoms. The highest BCUT2D eigenvalue weighted by atomic mass is 32.2. The van der Waals surface area contributed by atoms with Crippen LogP contribution in [0.3, 0.4) is 0 Å². The van der Waals surface area contributed by atoms with Crippen molar-refractivity contribution in [1.29, 1.82) is 0 Å². The first-order valence-electron chi connectivity index (χ1n) is 3.54. The molecule has 0 aliphatic heterocycles. The van der Waals surface area contributed by atoms with Crippen molar-refractivity contribution in [2.45, 2.75) is 18.9 Å². The van der Waals surface area contributed by atoms with Crippen LogP contribution in [-0.2, 0) is 15.7 Å². The van der Waals surface area contributed by atoms with Crippen molar-refractivity contribution in [2.24, 2.45) is 5.73 Å². The summed E-state index contributed by atoms with van der Waals surface area (Å²) in [6.45, 7) is 0. The molecule has 0 unspecified atom stereocenters. The minimum Gasteiger partial charge on any atom is -0.548 e. The van der Waals surface area contributed by atoms with Crippen molar-refractivity contribution >= 4 is 16.9 Å². The lowest BCUT2D eigenvalue weighted by molar-refractivity contribution is -0.307. The summed E-state index contributed by atoms with van der Waals surface area (Å²) in [6, 6.07) is -0.779. The molecule has 0 saturated carbocycles. The monoisotopic (exact) mass is 177 g/mol. The SMILES string of the molecule is C[S+](C)CCC[C@H](N)C(=O)[O-]. The molecule has 0 heterocycles. The van der Waals surface area contributed by atoms with Gasteiger partial charge in [-0.2, -0.15) is 0 Å². The van der Waals surface area contributed by atoms with E-state index in [1.807, 2.05) is 0 Å². The van der Waals surface area contributed by atoms with Crippen LogP contribution in [0.2, 0.25) is 0 Å². The van der Waals surface area contributed by atoms with Gasteiger partial charge in [0.15, 0.2) is 0 Å². The maximum atomic E-state index is 10.1. The van der Waals surface area contributed by atoms with Gasteiger partial charge in [-0.15, -0.1) is 0 Å². The predicted molar refractivity (Wildman–Crippen MR) is 46.3 cm³/mol. The van der Waals surface area contributed by atoms with Crippen LogP contribution in [0.15, 0.2) is 0 Å². The molecule has 4 heteroatoms. The molecule has 0 aromatic carbocycles. The molecule has 0 aliphatic carbocycles. The standard InChI is InChI=1S/C7H15NO2S/c1-11(2)5-3-4-6(8)7(9)10/h6H,3-5,8H2,1-2H3/t6-/m0/s1. The summed E-state index contributed by atoms with van der Waals surface area (Å²) in [4.78, 5) is 10.1. The average Bonchev–Trinajstić information content (AvgIpc) is 1.86. The lowest BCUT2D eigenvalue weighted by atomic mass is 10.2. The molecule has 3 nitrogen and oxygen atoms in total.